The Balaban J connectivity index is 1.70. The second-order valence-corrected chi connectivity index (χ2v) is 6.65. The fraction of sp³-hybridized carbons (Fsp3) is 0.867. The highest BCUT2D eigenvalue weighted by molar-refractivity contribution is 5.75. The van der Waals surface area contributed by atoms with Gasteiger partial charge in [0.15, 0.2) is 0 Å². The van der Waals surface area contributed by atoms with Crippen molar-refractivity contribution < 1.29 is 27.9 Å². The Kier molecular flexibility index (Phi) is 5.95. The van der Waals surface area contributed by atoms with Crippen molar-refractivity contribution in [2.45, 2.75) is 50.9 Å². The highest BCUT2D eigenvalue weighted by atomic mass is 19.4. The van der Waals surface area contributed by atoms with Gasteiger partial charge in [0.2, 0.25) is 0 Å². The minimum absolute atomic E-state index is 0.0208. The maximum atomic E-state index is 12.4. The van der Waals surface area contributed by atoms with Crippen LogP contribution in [0, 0.1) is 5.92 Å². The van der Waals surface area contributed by atoms with Crippen LogP contribution in [0.3, 0.4) is 0 Å². The summed E-state index contributed by atoms with van der Waals surface area (Å²) in [5.74, 6) is -1.40. The van der Waals surface area contributed by atoms with Gasteiger partial charge in [-0.15, -0.1) is 0 Å². The zero-order chi connectivity index (χ0) is 17.9. The summed E-state index contributed by atoms with van der Waals surface area (Å²) in [5, 5.41) is 11.7. The monoisotopic (exact) mass is 351 g/mol. The molecular weight excluding hydrogens is 327 g/mol. The summed E-state index contributed by atoms with van der Waals surface area (Å²) in [4.78, 5) is 26.2. The SMILES string of the molecule is CCN(CC(=O)O)C1CC(NC(=O)N2CCC(CC(F)(F)F)C2)C1. The molecule has 9 heteroatoms. The van der Waals surface area contributed by atoms with E-state index in [1.807, 2.05) is 11.8 Å². The molecule has 2 amide bonds. The van der Waals surface area contributed by atoms with E-state index in [0.717, 1.165) is 0 Å². The Morgan fingerprint density at radius 1 is 1.33 bits per heavy atom. The second kappa shape index (κ2) is 7.58. The van der Waals surface area contributed by atoms with Crippen molar-refractivity contribution in [3.05, 3.63) is 0 Å². The lowest BCUT2D eigenvalue weighted by Crippen LogP contribution is -2.56. The number of amides is 2. The number of urea groups is 1. The zero-order valence-electron chi connectivity index (χ0n) is 13.7. The lowest BCUT2D eigenvalue weighted by atomic mass is 9.85. The summed E-state index contributed by atoms with van der Waals surface area (Å²) in [5.41, 5.74) is 0. The Hall–Kier alpha value is -1.51. The fourth-order valence-electron chi connectivity index (χ4n) is 3.45. The molecule has 1 saturated heterocycles. The maximum absolute atomic E-state index is 12.4. The van der Waals surface area contributed by atoms with Gasteiger partial charge in [0.05, 0.1) is 6.54 Å². The number of carboxylic acid groups (broad SMARTS) is 1. The third kappa shape index (κ3) is 5.25. The number of carbonyl (C=O) groups is 2. The number of nitrogens with one attached hydrogen (secondary N) is 1. The minimum atomic E-state index is -4.19. The van der Waals surface area contributed by atoms with Gasteiger partial charge in [0.25, 0.3) is 0 Å². The molecule has 0 aromatic heterocycles. The third-order valence-electron chi connectivity index (χ3n) is 4.79. The molecular formula is C15H24F3N3O3. The number of aliphatic carboxylic acids is 1. The predicted molar refractivity (Wildman–Crippen MR) is 80.6 cm³/mol. The molecule has 1 aliphatic carbocycles. The van der Waals surface area contributed by atoms with Crippen molar-refractivity contribution in [2.75, 3.05) is 26.2 Å². The summed E-state index contributed by atoms with van der Waals surface area (Å²) in [6.07, 6.45) is -3.31. The Bertz CT molecular complexity index is 467. The van der Waals surface area contributed by atoms with E-state index < -0.39 is 24.5 Å². The van der Waals surface area contributed by atoms with Crippen LogP contribution < -0.4 is 5.32 Å². The Labute approximate surface area is 139 Å². The number of rotatable bonds is 6. The molecule has 6 nitrogen and oxygen atoms in total. The van der Waals surface area contributed by atoms with Gasteiger partial charge >= 0.3 is 18.2 Å². The topological polar surface area (TPSA) is 72.9 Å². The van der Waals surface area contributed by atoms with Gasteiger partial charge in [-0.2, -0.15) is 13.2 Å². The van der Waals surface area contributed by atoms with Crippen molar-refractivity contribution in [3.63, 3.8) is 0 Å². The van der Waals surface area contributed by atoms with Gasteiger partial charge in [-0.25, -0.2) is 4.79 Å². The van der Waals surface area contributed by atoms with Gasteiger partial charge in [0, 0.05) is 31.6 Å². The van der Waals surface area contributed by atoms with Crippen LogP contribution in [0.2, 0.25) is 0 Å². The molecule has 24 heavy (non-hydrogen) atoms. The number of likely N-dealkylation sites (tertiary alicyclic amines) is 1. The van der Waals surface area contributed by atoms with Crippen LogP contribution >= 0.6 is 0 Å². The molecule has 2 rings (SSSR count). The molecule has 0 spiro atoms. The first kappa shape index (κ1) is 18.8. The first-order valence-electron chi connectivity index (χ1n) is 8.26. The summed E-state index contributed by atoms with van der Waals surface area (Å²) in [6.45, 7) is 2.99. The van der Waals surface area contributed by atoms with Crippen molar-refractivity contribution in [3.8, 4) is 0 Å². The molecule has 0 aromatic rings. The highest BCUT2D eigenvalue weighted by Crippen LogP contribution is 2.31. The molecule has 0 aromatic carbocycles. The van der Waals surface area contributed by atoms with Crippen LogP contribution in [0.5, 0.6) is 0 Å². The molecule has 2 fully saturated rings. The van der Waals surface area contributed by atoms with Gasteiger partial charge in [-0.3, -0.25) is 9.69 Å². The summed E-state index contributed by atoms with van der Waals surface area (Å²) in [7, 11) is 0. The molecule has 1 aliphatic heterocycles. The van der Waals surface area contributed by atoms with Crippen LogP contribution in [0.15, 0.2) is 0 Å². The van der Waals surface area contributed by atoms with Crippen LogP contribution in [0.25, 0.3) is 0 Å². The van der Waals surface area contributed by atoms with E-state index >= 15 is 0 Å². The third-order valence-corrected chi connectivity index (χ3v) is 4.79. The number of hydrogen-bond donors (Lipinski definition) is 2. The number of carboxylic acids is 1. The average molecular weight is 351 g/mol. The molecule has 1 saturated carbocycles. The number of alkyl halides is 3. The fourth-order valence-corrected chi connectivity index (χ4v) is 3.45. The van der Waals surface area contributed by atoms with Gasteiger partial charge in [-0.05, 0) is 31.7 Å². The van der Waals surface area contributed by atoms with E-state index in [0.29, 0.717) is 32.4 Å². The normalized spacial score (nSPS) is 27.2. The van der Waals surface area contributed by atoms with E-state index in [1.54, 1.807) is 0 Å². The molecule has 1 heterocycles. The van der Waals surface area contributed by atoms with E-state index in [9.17, 15) is 22.8 Å². The first-order valence-corrected chi connectivity index (χ1v) is 8.26. The molecule has 0 bridgehead atoms. The lowest BCUT2D eigenvalue weighted by Gasteiger charge is -2.42. The summed E-state index contributed by atoms with van der Waals surface area (Å²) in [6, 6.07) is -0.218. The Morgan fingerprint density at radius 2 is 2.00 bits per heavy atom. The number of hydrogen-bond acceptors (Lipinski definition) is 3. The van der Waals surface area contributed by atoms with E-state index in [1.165, 1.54) is 4.90 Å². The first-order chi connectivity index (χ1) is 11.2. The van der Waals surface area contributed by atoms with Crippen molar-refractivity contribution in [2.24, 2.45) is 5.92 Å². The van der Waals surface area contributed by atoms with Crippen LogP contribution in [0.4, 0.5) is 18.0 Å². The van der Waals surface area contributed by atoms with Crippen LogP contribution in [-0.4, -0.2) is 71.3 Å². The molecule has 0 radical (unpaired) electrons. The zero-order valence-corrected chi connectivity index (χ0v) is 13.7. The van der Waals surface area contributed by atoms with E-state index in [4.69, 9.17) is 5.11 Å². The van der Waals surface area contributed by atoms with Crippen molar-refractivity contribution >= 4 is 12.0 Å². The second-order valence-electron chi connectivity index (χ2n) is 6.65. The largest absolute Gasteiger partial charge is 0.480 e. The van der Waals surface area contributed by atoms with Crippen molar-refractivity contribution in [1.82, 2.24) is 15.1 Å². The quantitative estimate of drug-likeness (QED) is 0.767. The highest BCUT2D eigenvalue weighted by Gasteiger charge is 2.38. The minimum Gasteiger partial charge on any atom is -0.480 e. The molecule has 1 atom stereocenters. The maximum Gasteiger partial charge on any atom is 0.389 e. The lowest BCUT2D eigenvalue weighted by molar-refractivity contribution is -0.143. The molecule has 138 valence electrons. The molecule has 2 N–H and O–H groups in total. The number of carbonyl (C=O) groups excluding carboxylic acids is 1. The predicted octanol–water partition coefficient (Wildman–Crippen LogP) is 1.91. The average Bonchev–Trinajstić information content (AvgIpc) is 2.86. The van der Waals surface area contributed by atoms with Gasteiger partial charge in [0.1, 0.15) is 0 Å². The summed E-state index contributed by atoms with van der Waals surface area (Å²) >= 11 is 0. The van der Waals surface area contributed by atoms with Gasteiger partial charge in [-0.1, -0.05) is 6.92 Å². The Morgan fingerprint density at radius 3 is 2.54 bits per heavy atom. The molecule has 1 unspecified atom stereocenters. The number of halogens is 3. The summed E-state index contributed by atoms with van der Waals surface area (Å²) < 4.78 is 37.2. The smallest absolute Gasteiger partial charge is 0.389 e. The standard InChI is InChI=1S/C15H24F3N3O3/c1-2-20(9-13(22)23)12-5-11(6-12)19-14(24)21-4-3-10(8-21)7-15(16,17)18/h10-12H,2-9H2,1H3,(H,19,24)(H,22,23). The van der Waals surface area contributed by atoms with E-state index in [-0.39, 0.29) is 31.2 Å². The van der Waals surface area contributed by atoms with Crippen LogP contribution in [-0.2, 0) is 4.79 Å². The molecule has 2 aliphatic rings. The van der Waals surface area contributed by atoms with Crippen molar-refractivity contribution in [1.29, 1.82) is 0 Å². The van der Waals surface area contributed by atoms with E-state index in [2.05, 4.69) is 5.32 Å². The van der Waals surface area contributed by atoms with Crippen LogP contribution in [0.1, 0.15) is 32.6 Å². The number of nitrogens with zero attached hydrogens (tertiary/aromatic N) is 2. The number of likely N-dealkylation sites (N-methyl/N-ethyl adjacent to an activating group) is 1. The van der Waals surface area contributed by atoms with Gasteiger partial charge < -0.3 is 15.3 Å².